The van der Waals surface area contributed by atoms with E-state index < -0.39 is 0 Å². The molecule has 0 bridgehead atoms. The average Bonchev–Trinajstić information content (AvgIpc) is 2.50. The lowest BCUT2D eigenvalue weighted by Crippen LogP contribution is -2.26. The molecule has 4 radical (unpaired) electrons. The van der Waals surface area contributed by atoms with Crippen LogP contribution in [-0.4, -0.2) is 19.5 Å². The monoisotopic (exact) mass is 366 g/mol. The van der Waals surface area contributed by atoms with Crippen LogP contribution in [0.5, 0.6) is 0 Å². The van der Waals surface area contributed by atoms with Crippen LogP contribution in [-0.2, 0) is 9.15 Å². The summed E-state index contributed by atoms with van der Waals surface area (Å²) in [5.41, 5.74) is 4.47. The molecular formula is C16H16Cl2O2Si2. The Hall–Kier alpha value is -0.626. The minimum absolute atomic E-state index is 0.139. The first-order chi connectivity index (χ1) is 10.4. The molecule has 0 aliphatic carbocycles. The molecule has 0 aliphatic heterocycles. The van der Waals surface area contributed by atoms with Crippen molar-refractivity contribution in [1.29, 1.82) is 0 Å². The lowest BCUT2D eigenvalue weighted by molar-refractivity contribution is -0.0939. The SMILES string of the molecule is Cc1c(Cl)ccc([Si]OO[Si]c2ccc(Cl)c(C)c2C)c1C. The van der Waals surface area contributed by atoms with E-state index in [2.05, 4.69) is 0 Å². The quantitative estimate of drug-likeness (QED) is 0.349. The Balaban J connectivity index is 1.93. The van der Waals surface area contributed by atoms with E-state index in [4.69, 9.17) is 32.4 Å². The highest BCUT2D eigenvalue weighted by molar-refractivity contribution is 6.50. The predicted molar refractivity (Wildman–Crippen MR) is 94.8 cm³/mol. The predicted octanol–water partition coefficient (Wildman–Crippen LogP) is 3.36. The van der Waals surface area contributed by atoms with Gasteiger partial charge in [0, 0.05) is 10.0 Å². The molecule has 0 fully saturated rings. The van der Waals surface area contributed by atoms with Crippen molar-refractivity contribution in [2.75, 3.05) is 0 Å². The van der Waals surface area contributed by atoms with E-state index in [0.29, 0.717) is 0 Å². The lowest BCUT2D eigenvalue weighted by Gasteiger charge is -2.11. The van der Waals surface area contributed by atoms with Crippen LogP contribution in [0.4, 0.5) is 0 Å². The van der Waals surface area contributed by atoms with Gasteiger partial charge in [0.15, 0.2) is 0 Å². The second-order valence-corrected chi connectivity index (χ2v) is 7.69. The lowest BCUT2D eigenvalue weighted by atomic mass is 10.1. The van der Waals surface area contributed by atoms with Crippen LogP contribution in [0.2, 0.25) is 10.0 Å². The summed E-state index contributed by atoms with van der Waals surface area (Å²) in [5.74, 6) is 0. The largest absolute Gasteiger partial charge is 0.320 e. The minimum atomic E-state index is 0.139. The standard InChI is InChI=1S/C16H16Cl2O2Si2/c1-9-11(3)15(7-5-13(9)17)21-19-20-22-16-8-6-14(18)10(2)12(16)4/h5-8H,1-4H3. The van der Waals surface area contributed by atoms with E-state index in [0.717, 1.165) is 42.7 Å². The highest BCUT2D eigenvalue weighted by Gasteiger charge is 2.10. The maximum absolute atomic E-state index is 6.09. The Morgan fingerprint density at radius 1 is 0.636 bits per heavy atom. The Labute approximate surface area is 146 Å². The first-order valence-electron chi connectivity index (χ1n) is 6.77. The van der Waals surface area contributed by atoms with Crippen LogP contribution in [0, 0.1) is 27.7 Å². The van der Waals surface area contributed by atoms with Crippen molar-refractivity contribution in [1.82, 2.24) is 0 Å². The average molecular weight is 367 g/mol. The minimum Gasteiger partial charge on any atom is -0.292 e. The zero-order valence-electron chi connectivity index (χ0n) is 12.9. The van der Waals surface area contributed by atoms with Gasteiger partial charge in [-0.25, -0.2) is 0 Å². The topological polar surface area (TPSA) is 18.5 Å². The Morgan fingerprint density at radius 3 is 1.36 bits per heavy atom. The zero-order valence-corrected chi connectivity index (χ0v) is 16.4. The normalized spacial score (nSPS) is 11.0. The molecule has 0 N–H and O–H groups in total. The van der Waals surface area contributed by atoms with Crippen LogP contribution in [0.3, 0.4) is 0 Å². The summed E-state index contributed by atoms with van der Waals surface area (Å²) < 4.78 is 10.8. The van der Waals surface area contributed by atoms with Gasteiger partial charge in [0.2, 0.25) is 0 Å². The number of halogens is 2. The molecule has 0 heterocycles. The molecule has 0 saturated heterocycles. The van der Waals surface area contributed by atoms with Crippen molar-refractivity contribution in [2.24, 2.45) is 0 Å². The fourth-order valence-electron chi connectivity index (χ4n) is 1.93. The highest BCUT2D eigenvalue weighted by atomic mass is 35.5. The first kappa shape index (κ1) is 17.7. The van der Waals surface area contributed by atoms with Gasteiger partial charge in [-0.15, -0.1) is 0 Å². The molecule has 0 amide bonds. The fraction of sp³-hybridized carbons (Fsp3) is 0.250. The smallest absolute Gasteiger partial charge is 0.292 e. The van der Waals surface area contributed by atoms with Crippen molar-refractivity contribution >= 4 is 53.1 Å². The molecule has 0 aromatic heterocycles. The number of benzene rings is 2. The third-order valence-electron chi connectivity index (χ3n) is 3.79. The van der Waals surface area contributed by atoms with Gasteiger partial charge >= 0.3 is 19.5 Å². The first-order valence-corrected chi connectivity index (χ1v) is 9.35. The summed E-state index contributed by atoms with van der Waals surface area (Å²) in [4.78, 5) is 0. The van der Waals surface area contributed by atoms with Gasteiger partial charge in [0.1, 0.15) is 0 Å². The van der Waals surface area contributed by atoms with Gasteiger partial charge in [-0.1, -0.05) is 35.3 Å². The Kier molecular flexibility index (Phi) is 6.26. The highest BCUT2D eigenvalue weighted by Crippen LogP contribution is 2.17. The van der Waals surface area contributed by atoms with E-state index in [1.54, 1.807) is 0 Å². The van der Waals surface area contributed by atoms with Crippen molar-refractivity contribution in [3.05, 3.63) is 56.6 Å². The van der Waals surface area contributed by atoms with Crippen LogP contribution in [0.1, 0.15) is 22.3 Å². The van der Waals surface area contributed by atoms with Crippen LogP contribution in [0.15, 0.2) is 24.3 Å². The van der Waals surface area contributed by atoms with Crippen molar-refractivity contribution in [2.45, 2.75) is 27.7 Å². The van der Waals surface area contributed by atoms with Crippen molar-refractivity contribution in [3.63, 3.8) is 0 Å². The van der Waals surface area contributed by atoms with E-state index >= 15 is 0 Å². The molecule has 2 nitrogen and oxygen atoms in total. The van der Waals surface area contributed by atoms with Gasteiger partial charge in [0.05, 0.1) is 0 Å². The van der Waals surface area contributed by atoms with Crippen LogP contribution < -0.4 is 10.4 Å². The van der Waals surface area contributed by atoms with E-state index in [-0.39, 0.29) is 19.5 Å². The molecule has 2 aromatic rings. The molecule has 0 atom stereocenters. The molecule has 0 spiro atoms. The molecule has 0 unspecified atom stereocenters. The molecule has 6 heteroatoms. The molecule has 2 rings (SSSR count). The summed E-state index contributed by atoms with van der Waals surface area (Å²) in [6.45, 7) is 8.10. The Morgan fingerprint density at radius 2 is 1.00 bits per heavy atom. The second kappa shape index (κ2) is 7.77. The summed E-state index contributed by atoms with van der Waals surface area (Å²) >= 11 is 12.2. The summed E-state index contributed by atoms with van der Waals surface area (Å²) in [5, 5.41) is 3.77. The molecule has 0 saturated carbocycles. The van der Waals surface area contributed by atoms with Crippen molar-refractivity contribution < 1.29 is 9.15 Å². The molecule has 22 heavy (non-hydrogen) atoms. The maximum Gasteiger partial charge on any atom is 0.320 e. The van der Waals surface area contributed by atoms with E-state index in [1.807, 2.05) is 52.0 Å². The third kappa shape index (κ3) is 4.01. The van der Waals surface area contributed by atoms with Gasteiger partial charge < -0.3 is 0 Å². The fourth-order valence-corrected chi connectivity index (χ4v) is 3.83. The van der Waals surface area contributed by atoms with Crippen LogP contribution in [0.25, 0.3) is 0 Å². The van der Waals surface area contributed by atoms with Gasteiger partial charge in [-0.2, -0.15) is 0 Å². The summed E-state index contributed by atoms with van der Waals surface area (Å²) in [6, 6.07) is 7.75. The third-order valence-corrected chi connectivity index (χ3v) is 6.63. The van der Waals surface area contributed by atoms with Crippen LogP contribution >= 0.6 is 23.2 Å². The van der Waals surface area contributed by atoms with E-state index in [1.165, 1.54) is 0 Å². The summed E-state index contributed by atoms with van der Waals surface area (Å²) in [6.07, 6.45) is 0. The van der Waals surface area contributed by atoms with Gasteiger partial charge in [-0.3, -0.25) is 9.15 Å². The molecular weight excluding hydrogens is 351 g/mol. The second-order valence-electron chi connectivity index (χ2n) is 5.06. The molecule has 0 aliphatic rings. The van der Waals surface area contributed by atoms with E-state index in [9.17, 15) is 0 Å². The maximum atomic E-state index is 6.09. The van der Waals surface area contributed by atoms with Gasteiger partial charge in [0.25, 0.3) is 0 Å². The Bertz CT molecular complexity index is 631. The molecule has 2 aromatic carbocycles. The zero-order chi connectivity index (χ0) is 16.3. The molecule has 114 valence electrons. The van der Waals surface area contributed by atoms with Gasteiger partial charge in [-0.05, 0) is 72.5 Å². The summed E-state index contributed by atoms with van der Waals surface area (Å²) in [7, 11) is 0.279. The van der Waals surface area contributed by atoms with Crippen molar-refractivity contribution in [3.8, 4) is 0 Å². The number of rotatable bonds is 5. The number of hydrogen-bond acceptors (Lipinski definition) is 2. The number of hydrogen-bond donors (Lipinski definition) is 0.